The number of methoxy groups -OCH3 is 1. The minimum atomic E-state index is -0.490. The Hall–Kier alpha value is -1.64. The number of rotatable bonds is 6. The molecule has 2 N–H and O–H groups in total. The van der Waals surface area contributed by atoms with E-state index in [2.05, 4.69) is 16.4 Å². The fourth-order valence-corrected chi connectivity index (χ4v) is 2.49. The number of nitrogens with one attached hydrogen (secondary N) is 1. The Labute approximate surface area is 119 Å². The summed E-state index contributed by atoms with van der Waals surface area (Å²) in [5.74, 6) is 0.637. The Balaban J connectivity index is 2.01. The smallest absolute Gasteiger partial charge is 0.144 e. The minimum Gasteiger partial charge on any atom is -0.391 e. The average Bonchev–Trinajstić information content (AvgIpc) is 2.46. The summed E-state index contributed by atoms with van der Waals surface area (Å²) in [5, 5.41) is 22.0. The summed E-state index contributed by atoms with van der Waals surface area (Å²) in [6, 6.07) is 4.15. The molecule has 1 aliphatic rings. The van der Waals surface area contributed by atoms with Gasteiger partial charge in [-0.3, -0.25) is 0 Å². The van der Waals surface area contributed by atoms with Crippen LogP contribution in [0.5, 0.6) is 0 Å². The van der Waals surface area contributed by atoms with Gasteiger partial charge in [0.2, 0.25) is 0 Å². The highest BCUT2D eigenvalue weighted by atomic mass is 16.5. The van der Waals surface area contributed by atoms with Crippen LogP contribution in [0.25, 0.3) is 0 Å². The molecule has 5 heteroatoms. The summed E-state index contributed by atoms with van der Waals surface area (Å²) >= 11 is 0. The van der Waals surface area contributed by atoms with Crippen LogP contribution >= 0.6 is 0 Å². The maximum absolute atomic E-state index is 9.60. The number of aliphatic hydroxyl groups is 1. The Kier molecular flexibility index (Phi) is 5.33. The molecule has 0 aliphatic heterocycles. The number of ether oxygens (including phenoxy) is 1. The molecule has 1 aliphatic carbocycles. The summed E-state index contributed by atoms with van der Waals surface area (Å²) in [4.78, 5) is 4.58. The Morgan fingerprint density at radius 1 is 1.50 bits per heavy atom. The van der Waals surface area contributed by atoms with Gasteiger partial charge in [0.1, 0.15) is 11.9 Å². The van der Waals surface area contributed by atoms with Gasteiger partial charge in [-0.2, -0.15) is 5.26 Å². The summed E-state index contributed by atoms with van der Waals surface area (Å²) in [6.45, 7) is 0.898. The number of aromatic nitrogens is 1. The van der Waals surface area contributed by atoms with Crippen molar-refractivity contribution in [2.45, 2.75) is 38.2 Å². The number of hydrogen-bond donors (Lipinski definition) is 2. The van der Waals surface area contributed by atoms with Crippen molar-refractivity contribution in [3.8, 4) is 6.07 Å². The molecular formula is C15H21N3O2. The first-order valence-corrected chi connectivity index (χ1v) is 7.08. The lowest BCUT2D eigenvalue weighted by molar-refractivity contribution is 0.0615. The van der Waals surface area contributed by atoms with Crippen molar-refractivity contribution in [1.82, 2.24) is 4.98 Å². The van der Waals surface area contributed by atoms with E-state index in [9.17, 15) is 10.4 Å². The van der Waals surface area contributed by atoms with Crippen LogP contribution in [0.15, 0.2) is 6.07 Å². The van der Waals surface area contributed by atoms with Gasteiger partial charge >= 0.3 is 0 Å². The van der Waals surface area contributed by atoms with Gasteiger partial charge in [0, 0.05) is 19.3 Å². The fourth-order valence-electron chi connectivity index (χ4n) is 2.49. The number of pyridine rings is 1. The molecule has 1 atom stereocenters. The van der Waals surface area contributed by atoms with Gasteiger partial charge in [-0.15, -0.1) is 0 Å². The number of aryl methyl sites for hydroxylation is 2. The Morgan fingerprint density at radius 2 is 2.30 bits per heavy atom. The highest BCUT2D eigenvalue weighted by Crippen LogP contribution is 2.24. The molecule has 0 saturated carbocycles. The zero-order chi connectivity index (χ0) is 14.4. The standard InChI is InChI=1S/C15H21N3O2/c1-20-10-13(19)6-7-17-15-12(9-16)8-11-4-2-3-5-14(11)18-15/h8,13,19H,2-7,10H2,1H3,(H,17,18). The van der Waals surface area contributed by atoms with Crippen LogP contribution in [0.3, 0.4) is 0 Å². The fraction of sp³-hybridized carbons (Fsp3) is 0.600. The van der Waals surface area contributed by atoms with Crippen molar-refractivity contribution in [3.05, 3.63) is 22.9 Å². The number of nitriles is 1. The molecule has 0 spiro atoms. The lowest BCUT2D eigenvalue weighted by atomic mass is 9.95. The molecule has 0 amide bonds. The third kappa shape index (κ3) is 3.69. The highest BCUT2D eigenvalue weighted by molar-refractivity contribution is 5.54. The summed E-state index contributed by atoms with van der Waals surface area (Å²) in [7, 11) is 1.56. The van der Waals surface area contributed by atoms with E-state index < -0.39 is 6.10 Å². The summed E-state index contributed by atoms with van der Waals surface area (Å²) in [5.41, 5.74) is 2.90. The van der Waals surface area contributed by atoms with Crippen LogP contribution in [0.1, 0.15) is 36.1 Å². The second-order valence-corrected chi connectivity index (χ2v) is 5.13. The van der Waals surface area contributed by atoms with Crippen LogP contribution in [-0.4, -0.2) is 36.5 Å². The van der Waals surface area contributed by atoms with Crippen molar-refractivity contribution in [3.63, 3.8) is 0 Å². The van der Waals surface area contributed by atoms with Gasteiger partial charge in [-0.25, -0.2) is 4.98 Å². The third-order valence-electron chi connectivity index (χ3n) is 3.55. The third-order valence-corrected chi connectivity index (χ3v) is 3.55. The van der Waals surface area contributed by atoms with Crippen LogP contribution in [0.4, 0.5) is 5.82 Å². The van der Waals surface area contributed by atoms with Crippen LogP contribution in [0.2, 0.25) is 0 Å². The number of nitrogens with zero attached hydrogens (tertiary/aromatic N) is 2. The zero-order valence-corrected chi connectivity index (χ0v) is 11.9. The molecule has 20 heavy (non-hydrogen) atoms. The molecule has 0 aromatic carbocycles. The average molecular weight is 275 g/mol. The molecule has 5 nitrogen and oxygen atoms in total. The molecule has 1 aromatic rings. The Bertz CT molecular complexity index is 497. The van der Waals surface area contributed by atoms with Gasteiger partial charge in [-0.05, 0) is 43.7 Å². The maximum Gasteiger partial charge on any atom is 0.144 e. The van der Waals surface area contributed by atoms with Crippen molar-refractivity contribution in [2.75, 3.05) is 25.6 Å². The van der Waals surface area contributed by atoms with E-state index in [4.69, 9.17) is 4.74 Å². The molecule has 1 unspecified atom stereocenters. The molecule has 108 valence electrons. The second-order valence-electron chi connectivity index (χ2n) is 5.13. The first-order valence-electron chi connectivity index (χ1n) is 7.08. The predicted octanol–water partition coefficient (Wildman–Crippen LogP) is 1.64. The van der Waals surface area contributed by atoms with Crippen molar-refractivity contribution in [2.24, 2.45) is 0 Å². The van der Waals surface area contributed by atoms with Gasteiger partial charge in [-0.1, -0.05) is 0 Å². The number of hydrogen-bond acceptors (Lipinski definition) is 5. The first-order chi connectivity index (χ1) is 9.74. The topological polar surface area (TPSA) is 78.2 Å². The normalized spacial score (nSPS) is 15.2. The summed E-state index contributed by atoms with van der Waals surface area (Å²) < 4.78 is 4.88. The zero-order valence-electron chi connectivity index (χ0n) is 11.9. The van der Waals surface area contributed by atoms with E-state index in [0.717, 1.165) is 25.0 Å². The molecular weight excluding hydrogens is 254 g/mol. The molecule has 0 radical (unpaired) electrons. The molecule has 2 rings (SSSR count). The van der Waals surface area contributed by atoms with E-state index in [1.165, 1.54) is 12.0 Å². The maximum atomic E-state index is 9.60. The van der Waals surface area contributed by atoms with E-state index >= 15 is 0 Å². The van der Waals surface area contributed by atoms with Gasteiger partial charge in [0.15, 0.2) is 0 Å². The van der Waals surface area contributed by atoms with Gasteiger partial charge in [0.25, 0.3) is 0 Å². The van der Waals surface area contributed by atoms with Gasteiger partial charge < -0.3 is 15.2 Å². The highest BCUT2D eigenvalue weighted by Gasteiger charge is 2.15. The molecule has 1 aromatic heterocycles. The van der Waals surface area contributed by atoms with Crippen molar-refractivity contribution in [1.29, 1.82) is 5.26 Å². The molecule has 1 heterocycles. The van der Waals surface area contributed by atoms with Crippen molar-refractivity contribution >= 4 is 5.82 Å². The van der Waals surface area contributed by atoms with Crippen LogP contribution in [-0.2, 0) is 17.6 Å². The van der Waals surface area contributed by atoms with E-state index in [-0.39, 0.29) is 0 Å². The largest absolute Gasteiger partial charge is 0.391 e. The van der Waals surface area contributed by atoms with Crippen LogP contribution < -0.4 is 5.32 Å². The minimum absolute atomic E-state index is 0.324. The summed E-state index contributed by atoms with van der Waals surface area (Å²) in [6.07, 6.45) is 4.42. The number of anilines is 1. The van der Waals surface area contributed by atoms with E-state index in [0.29, 0.717) is 31.0 Å². The van der Waals surface area contributed by atoms with Crippen molar-refractivity contribution < 1.29 is 9.84 Å². The lowest BCUT2D eigenvalue weighted by Gasteiger charge is -2.17. The van der Waals surface area contributed by atoms with Gasteiger partial charge in [0.05, 0.1) is 18.3 Å². The number of aliphatic hydroxyl groups excluding tert-OH is 1. The SMILES string of the molecule is COCC(O)CCNc1nc2c(cc1C#N)CCCC2. The van der Waals surface area contributed by atoms with Crippen LogP contribution in [0, 0.1) is 11.3 Å². The Morgan fingerprint density at radius 3 is 3.05 bits per heavy atom. The first kappa shape index (κ1) is 14.8. The van der Waals surface area contributed by atoms with E-state index in [1.807, 2.05) is 6.07 Å². The second kappa shape index (κ2) is 7.22. The molecule has 0 fully saturated rings. The molecule has 0 bridgehead atoms. The quantitative estimate of drug-likeness (QED) is 0.825. The van der Waals surface area contributed by atoms with E-state index in [1.54, 1.807) is 7.11 Å². The monoisotopic (exact) mass is 275 g/mol. The predicted molar refractivity (Wildman–Crippen MR) is 76.6 cm³/mol. The lowest BCUT2D eigenvalue weighted by Crippen LogP contribution is -2.19. The molecule has 0 saturated heterocycles. The number of fused-ring (bicyclic) bond motifs is 1.